The van der Waals surface area contributed by atoms with E-state index in [1.165, 1.54) is 12.1 Å². The van der Waals surface area contributed by atoms with Gasteiger partial charge in [-0.05, 0) is 55.0 Å². The van der Waals surface area contributed by atoms with Gasteiger partial charge in [0.05, 0.1) is 24.1 Å². The van der Waals surface area contributed by atoms with Gasteiger partial charge in [-0.25, -0.2) is 4.39 Å². The zero-order valence-electron chi connectivity index (χ0n) is 16.9. The molecule has 6 heteroatoms. The monoisotopic (exact) mass is 415 g/mol. The lowest BCUT2D eigenvalue weighted by atomic mass is 9.98. The number of ether oxygens (including phenoxy) is 1. The molecule has 1 amide bonds. The molecule has 31 heavy (non-hydrogen) atoms. The summed E-state index contributed by atoms with van der Waals surface area (Å²) in [5.74, 6) is -0.322. The van der Waals surface area contributed by atoms with E-state index in [-0.39, 0.29) is 22.3 Å². The third-order valence-electron chi connectivity index (χ3n) is 5.58. The predicted molar refractivity (Wildman–Crippen MR) is 115 cm³/mol. The van der Waals surface area contributed by atoms with E-state index < -0.39 is 23.2 Å². The number of benzene rings is 3. The number of carbonyl (C=O) groups excluding carboxylic acids is 1. The summed E-state index contributed by atoms with van der Waals surface area (Å²) < 4.78 is 24.9. The van der Waals surface area contributed by atoms with E-state index in [0.29, 0.717) is 11.4 Å². The topological polar surface area (TPSA) is 59.8 Å². The maximum Gasteiger partial charge on any atom is 0.295 e. The van der Waals surface area contributed by atoms with Crippen LogP contribution < -0.4 is 15.1 Å². The Morgan fingerprint density at radius 1 is 0.968 bits per heavy atom. The fourth-order valence-electron chi connectivity index (χ4n) is 4.02. The van der Waals surface area contributed by atoms with Crippen LogP contribution in [0.1, 0.15) is 33.3 Å². The average Bonchev–Trinajstić information content (AvgIpc) is 3.07. The molecule has 0 bridgehead atoms. The zero-order chi connectivity index (χ0) is 21.7. The first-order chi connectivity index (χ1) is 15.0. The molecule has 1 aliphatic heterocycles. The van der Waals surface area contributed by atoms with Gasteiger partial charge in [-0.1, -0.05) is 29.8 Å². The Morgan fingerprint density at radius 2 is 1.68 bits per heavy atom. The minimum Gasteiger partial charge on any atom is -0.497 e. The summed E-state index contributed by atoms with van der Waals surface area (Å²) >= 11 is 0. The lowest BCUT2D eigenvalue weighted by molar-refractivity contribution is 0.0971. The lowest BCUT2D eigenvalue weighted by Crippen LogP contribution is -2.29. The van der Waals surface area contributed by atoms with Crippen LogP contribution in [-0.2, 0) is 0 Å². The molecule has 0 spiro atoms. The van der Waals surface area contributed by atoms with E-state index in [2.05, 4.69) is 0 Å². The van der Waals surface area contributed by atoms with Gasteiger partial charge in [-0.15, -0.1) is 0 Å². The van der Waals surface area contributed by atoms with E-state index in [0.717, 1.165) is 17.2 Å². The summed E-state index contributed by atoms with van der Waals surface area (Å²) in [7, 11) is 1.57. The first-order valence-electron chi connectivity index (χ1n) is 9.78. The Kier molecular flexibility index (Phi) is 4.36. The van der Waals surface area contributed by atoms with Crippen LogP contribution in [0.25, 0.3) is 11.0 Å². The number of aryl methyl sites for hydroxylation is 1. The average molecular weight is 415 g/mol. The largest absolute Gasteiger partial charge is 0.497 e. The van der Waals surface area contributed by atoms with Crippen molar-refractivity contribution in [2.45, 2.75) is 13.0 Å². The minimum atomic E-state index is -0.708. The van der Waals surface area contributed by atoms with Gasteiger partial charge >= 0.3 is 0 Å². The number of hydrogen-bond acceptors (Lipinski definition) is 4. The number of hydrogen-bond donors (Lipinski definition) is 0. The maximum atomic E-state index is 13.9. The highest BCUT2D eigenvalue weighted by molar-refractivity contribution is 6.10. The standard InChI is InChI=1S/C25H18FNO4/c1-14-3-8-17(9-4-14)27-22(15-5-10-18(30-2)11-6-15)21-23(28)19-13-16(26)7-12-20(19)31-24(21)25(27)29/h3-13,22H,1-2H3. The Labute approximate surface area is 177 Å². The van der Waals surface area contributed by atoms with Gasteiger partial charge in [-0.2, -0.15) is 0 Å². The van der Waals surface area contributed by atoms with Crippen LogP contribution in [0.15, 0.2) is 75.9 Å². The van der Waals surface area contributed by atoms with Crippen molar-refractivity contribution in [3.63, 3.8) is 0 Å². The second-order valence-corrected chi connectivity index (χ2v) is 7.50. The quantitative estimate of drug-likeness (QED) is 0.473. The Morgan fingerprint density at radius 3 is 2.35 bits per heavy atom. The summed E-state index contributed by atoms with van der Waals surface area (Å²) in [6.07, 6.45) is 0. The molecule has 1 aliphatic rings. The van der Waals surface area contributed by atoms with Gasteiger partial charge in [0.15, 0.2) is 5.43 Å². The van der Waals surface area contributed by atoms with Crippen LogP contribution in [0.2, 0.25) is 0 Å². The number of amides is 1. The number of nitrogens with zero attached hydrogens (tertiary/aromatic N) is 1. The molecular formula is C25H18FNO4. The fourth-order valence-corrected chi connectivity index (χ4v) is 4.02. The zero-order valence-corrected chi connectivity index (χ0v) is 16.9. The molecular weight excluding hydrogens is 397 g/mol. The minimum absolute atomic E-state index is 0.0227. The van der Waals surface area contributed by atoms with Gasteiger partial charge in [-0.3, -0.25) is 14.5 Å². The summed E-state index contributed by atoms with van der Waals surface area (Å²) in [5, 5.41) is 0.107. The maximum absolute atomic E-state index is 13.9. The first kappa shape index (κ1) is 19.1. The molecule has 1 unspecified atom stereocenters. The van der Waals surface area contributed by atoms with Gasteiger partial charge in [0.1, 0.15) is 17.1 Å². The van der Waals surface area contributed by atoms with Gasteiger partial charge in [0, 0.05) is 5.69 Å². The molecule has 0 radical (unpaired) electrons. The molecule has 154 valence electrons. The van der Waals surface area contributed by atoms with E-state index in [1.807, 2.05) is 43.3 Å². The van der Waals surface area contributed by atoms with Crippen LogP contribution in [0.3, 0.4) is 0 Å². The van der Waals surface area contributed by atoms with Crippen molar-refractivity contribution in [3.8, 4) is 5.75 Å². The predicted octanol–water partition coefficient (Wildman–Crippen LogP) is 5.00. The molecule has 0 saturated heterocycles. The van der Waals surface area contributed by atoms with Crippen LogP contribution in [-0.4, -0.2) is 13.0 Å². The molecule has 3 aromatic carbocycles. The number of methoxy groups -OCH3 is 1. The smallest absolute Gasteiger partial charge is 0.295 e. The molecule has 0 aliphatic carbocycles. The third-order valence-corrected chi connectivity index (χ3v) is 5.58. The molecule has 5 nitrogen and oxygen atoms in total. The third kappa shape index (κ3) is 2.99. The molecule has 0 N–H and O–H groups in total. The normalized spacial score (nSPS) is 15.4. The van der Waals surface area contributed by atoms with Crippen molar-refractivity contribution in [1.29, 1.82) is 0 Å². The van der Waals surface area contributed by atoms with Crippen LogP contribution in [0.4, 0.5) is 10.1 Å². The van der Waals surface area contributed by atoms with E-state index in [9.17, 15) is 14.0 Å². The molecule has 0 saturated carbocycles. The Balaban J connectivity index is 1.79. The SMILES string of the molecule is COc1ccc(C2c3c(oc4ccc(F)cc4c3=O)C(=O)N2c2ccc(C)cc2)cc1. The highest BCUT2D eigenvalue weighted by Gasteiger charge is 2.43. The van der Waals surface area contributed by atoms with Crippen molar-refractivity contribution in [3.05, 3.63) is 105 Å². The Hall–Kier alpha value is -3.93. The molecule has 4 aromatic rings. The van der Waals surface area contributed by atoms with E-state index >= 15 is 0 Å². The van der Waals surface area contributed by atoms with E-state index in [1.54, 1.807) is 24.1 Å². The molecule has 0 fully saturated rings. The highest BCUT2D eigenvalue weighted by atomic mass is 19.1. The summed E-state index contributed by atoms with van der Waals surface area (Å²) in [4.78, 5) is 28.4. The van der Waals surface area contributed by atoms with Crippen molar-refractivity contribution >= 4 is 22.6 Å². The van der Waals surface area contributed by atoms with Crippen molar-refractivity contribution < 1.29 is 18.3 Å². The molecule has 1 atom stereocenters. The summed E-state index contributed by atoms with van der Waals surface area (Å²) in [6.45, 7) is 1.96. The molecule has 5 rings (SSSR count). The van der Waals surface area contributed by atoms with Crippen LogP contribution >= 0.6 is 0 Å². The highest BCUT2D eigenvalue weighted by Crippen LogP contribution is 2.41. The number of fused-ring (bicyclic) bond motifs is 2. The van der Waals surface area contributed by atoms with Crippen molar-refractivity contribution in [2.24, 2.45) is 0 Å². The van der Waals surface area contributed by atoms with Crippen LogP contribution in [0.5, 0.6) is 5.75 Å². The van der Waals surface area contributed by atoms with Gasteiger partial charge in [0.25, 0.3) is 5.91 Å². The van der Waals surface area contributed by atoms with Crippen molar-refractivity contribution in [1.82, 2.24) is 0 Å². The number of carbonyl (C=O) groups is 1. The number of rotatable bonds is 3. The second-order valence-electron chi connectivity index (χ2n) is 7.50. The van der Waals surface area contributed by atoms with E-state index in [4.69, 9.17) is 9.15 Å². The fraction of sp³-hybridized carbons (Fsp3) is 0.120. The summed E-state index contributed by atoms with van der Waals surface area (Å²) in [6, 6.07) is 17.6. The van der Waals surface area contributed by atoms with Gasteiger partial charge in [0.2, 0.25) is 5.76 Å². The van der Waals surface area contributed by atoms with Crippen LogP contribution in [0, 0.1) is 12.7 Å². The summed E-state index contributed by atoms with van der Waals surface area (Å²) in [5.41, 5.74) is 2.37. The Bertz CT molecular complexity index is 1370. The first-order valence-corrected chi connectivity index (χ1v) is 9.78. The number of halogens is 1. The number of anilines is 1. The molecule has 1 aromatic heterocycles. The van der Waals surface area contributed by atoms with Gasteiger partial charge < -0.3 is 9.15 Å². The lowest BCUT2D eigenvalue weighted by Gasteiger charge is -2.25. The second kappa shape index (κ2) is 7.09. The van der Waals surface area contributed by atoms with Crippen molar-refractivity contribution in [2.75, 3.05) is 12.0 Å². The molecule has 2 heterocycles.